The van der Waals surface area contributed by atoms with Gasteiger partial charge in [0, 0.05) is 0 Å². The number of rotatable bonds is 3. The van der Waals surface area contributed by atoms with Gasteiger partial charge in [-0.15, -0.1) is 0 Å². The first-order valence-electron chi connectivity index (χ1n) is 5.20. The summed E-state index contributed by atoms with van der Waals surface area (Å²) >= 11 is 0. The third kappa shape index (κ3) is 1.85. The van der Waals surface area contributed by atoms with Gasteiger partial charge in [0.15, 0.2) is 0 Å². The van der Waals surface area contributed by atoms with E-state index < -0.39 is 12.0 Å². The molecule has 0 bridgehead atoms. The fourth-order valence-electron chi connectivity index (χ4n) is 1.83. The van der Waals surface area contributed by atoms with Gasteiger partial charge in [-0.1, -0.05) is 12.1 Å². The van der Waals surface area contributed by atoms with Crippen LogP contribution in [0, 0.1) is 11.3 Å². The highest BCUT2D eigenvalue weighted by Gasteiger charge is 2.20. The zero-order chi connectivity index (χ0) is 12.4. The third-order valence-corrected chi connectivity index (χ3v) is 2.65. The maximum Gasteiger partial charge on any atom is 0.326 e. The van der Waals surface area contributed by atoms with Crippen molar-refractivity contribution >= 4 is 17.0 Å². The van der Waals surface area contributed by atoms with E-state index in [-0.39, 0.29) is 6.42 Å². The molecular formula is C12H11N3O2. The molecule has 0 aliphatic rings. The van der Waals surface area contributed by atoms with Gasteiger partial charge in [0.1, 0.15) is 11.9 Å². The Kier molecular flexibility index (Phi) is 2.79. The van der Waals surface area contributed by atoms with E-state index in [9.17, 15) is 4.79 Å². The van der Waals surface area contributed by atoms with E-state index in [0.717, 1.165) is 5.52 Å². The van der Waals surface area contributed by atoms with E-state index in [1.807, 2.05) is 24.3 Å². The molecule has 1 heterocycles. The van der Waals surface area contributed by atoms with Gasteiger partial charge in [-0.3, -0.25) is 0 Å². The third-order valence-electron chi connectivity index (χ3n) is 2.65. The normalized spacial score (nSPS) is 12.2. The number of aliphatic carboxylic acids is 1. The van der Waals surface area contributed by atoms with E-state index in [4.69, 9.17) is 10.4 Å². The summed E-state index contributed by atoms with van der Waals surface area (Å²) in [5, 5.41) is 17.8. The van der Waals surface area contributed by atoms with Gasteiger partial charge in [-0.2, -0.15) is 5.26 Å². The number of nitrogens with zero attached hydrogens (tertiary/aromatic N) is 3. The molecule has 0 aliphatic carbocycles. The van der Waals surface area contributed by atoms with Crippen LogP contribution in [0.4, 0.5) is 0 Å². The molecule has 2 rings (SSSR count). The van der Waals surface area contributed by atoms with Gasteiger partial charge >= 0.3 is 5.97 Å². The van der Waals surface area contributed by atoms with Crippen molar-refractivity contribution < 1.29 is 9.90 Å². The minimum atomic E-state index is -0.938. The molecule has 1 N–H and O–H groups in total. The van der Waals surface area contributed by atoms with Crippen molar-refractivity contribution in [3.05, 3.63) is 30.1 Å². The molecule has 0 fully saturated rings. The number of carboxylic acid groups (broad SMARTS) is 1. The lowest BCUT2D eigenvalue weighted by molar-refractivity contribution is -0.140. The van der Waals surface area contributed by atoms with Crippen LogP contribution in [0.1, 0.15) is 18.8 Å². The van der Waals surface area contributed by atoms with Gasteiger partial charge in [0.05, 0.1) is 23.5 Å². The average Bonchev–Trinajstić information content (AvgIpc) is 2.66. The molecule has 1 atom stereocenters. The maximum atomic E-state index is 11.1. The minimum Gasteiger partial charge on any atom is -0.480 e. The number of aromatic nitrogens is 2. The molecular weight excluding hydrogens is 218 g/mol. The largest absolute Gasteiger partial charge is 0.480 e. The van der Waals surface area contributed by atoms with Crippen LogP contribution in [0.2, 0.25) is 0 Å². The minimum absolute atomic E-state index is 0.103. The summed E-state index contributed by atoms with van der Waals surface area (Å²) in [7, 11) is 0. The molecule has 1 aromatic heterocycles. The summed E-state index contributed by atoms with van der Waals surface area (Å²) in [4.78, 5) is 15.3. The summed E-state index contributed by atoms with van der Waals surface area (Å²) < 4.78 is 1.60. The van der Waals surface area contributed by atoms with Crippen LogP contribution in [0.15, 0.2) is 24.3 Å². The molecule has 5 heteroatoms. The first-order chi connectivity index (χ1) is 8.15. The molecule has 5 nitrogen and oxygen atoms in total. The first-order valence-corrected chi connectivity index (χ1v) is 5.20. The quantitative estimate of drug-likeness (QED) is 0.869. The molecule has 0 saturated heterocycles. The van der Waals surface area contributed by atoms with Crippen molar-refractivity contribution in [1.29, 1.82) is 5.26 Å². The van der Waals surface area contributed by atoms with Gasteiger partial charge < -0.3 is 9.67 Å². The number of carboxylic acids is 1. The number of hydrogen-bond donors (Lipinski definition) is 1. The number of hydrogen-bond acceptors (Lipinski definition) is 3. The number of benzene rings is 1. The maximum absolute atomic E-state index is 11.1. The fourth-order valence-corrected chi connectivity index (χ4v) is 1.83. The second-order valence-corrected chi connectivity index (χ2v) is 3.74. The summed E-state index contributed by atoms with van der Waals surface area (Å²) in [6.07, 6.45) is 0.103. The molecule has 1 aromatic carbocycles. The number of para-hydroxylation sites is 2. The Bertz CT molecular complexity index is 610. The first kappa shape index (κ1) is 11.1. The van der Waals surface area contributed by atoms with E-state index in [0.29, 0.717) is 11.3 Å². The number of nitriles is 1. The summed E-state index contributed by atoms with van der Waals surface area (Å²) in [6.45, 7) is 1.58. The van der Waals surface area contributed by atoms with Crippen LogP contribution in [-0.4, -0.2) is 20.6 Å². The number of carbonyl (C=O) groups is 1. The Morgan fingerprint density at radius 3 is 2.94 bits per heavy atom. The molecule has 86 valence electrons. The molecule has 2 aromatic rings. The number of fused-ring (bicyclic) bond motifs is 1. The smallest absolute Gasteiger partial charge is 0.326 e. The summed E-state index contributed by atoms with van der Waals surface area (Å²) in [5.41, 5.74) is 1.46. The lowest BCUT2D eigenvalue weighted by Gasteiger charge is -2.11. The van der Waals surface area contributed by atoms with Crippen LogP contribution in [-0.2, 0) is 11.2 Å². The van der Waals surface area contributed by atoms with E-state index in [1.54, 1.807) is 17.6 Å². The zero-order valence-corrected chi connectivity index (χ0v) is 9.29. The highest BCUT2D eigenvalue weighted by molar-refractivity contribution is 5.80. The van der Waals surface area contributed by atoms with Crippen LogP contribution < -0.4 is 0 Å². The molecule has 0 amide bonds. The Morgan fingerprint density at radius 2 is 2.29 bits per heavy atom. The molecule has 0 spiro atoms. The topological polar surface area (TPSA) is 78.9 Å². The van der Waals surface area contributed by atoms with Crippen molar-refractivity contribution in [2.45, 2.75) is 19.4 Å². The fraction of sp³-hybridized carbons (Fsp3) is 0.250. The highest BCUT2D eigenvalue weighted by Crippen LogP contribution is 2.21. The second kappa shape index (κ2) is 4.26. The van der Waals surface area contributed by atoms with Crippen molar-refractivity contribution in [2.24, 2.45) is 0 Å². The Morgan fingerprint density at radius 1 is 1.59 bits per heavy atom. The van der Waals surface area contributed by atoms with Crippen LogP contribution in [0.5, 0.6) is 0 Å². The molecule has 0 aliphatic heterocycles. The van der Waals surface area contributed by atoms with Crippen LogP contribution >= 0.6 is 0 Å². The summed E-state index contributed by atoms with van der Waals surface area (Å²) in [6, 6.07) is 8.55. The van der Waals surface area contributed by atoms with Gasteiger partial charge in [0.25, 0.3) is 0 Å². The molecule has 0 radical (unpaired) electrons. The Balaban J connectivity index is 2.68. The van der Waals surface area contributed by atoms with E-state index in [1.165, 1.54) is 0 Å². The second-order valence-electron chi connectivity index (χ2n) is 3.74. The van der Waals surface area contributed by atoms with Crippen molar-refractivity contribution in [2.75, 3.05) is 0 Å². The molecule has 1 unspecified atom stereocenters. The van der Waals surface area contributed by atoms with Crippen molar-refractivity contribution in [3.63, 3.8) is 0 Å². The Hall–Kier alpha value is -2.35. The van der Waals surface area contributed by atoms with Gasteiger partial charge in [-0.05, 0) is 19.1 Å². The van der Waals surface area contributed by atoms with Crippen molar-refractivity contribution in [3.8, 4) is 6.07 Å². The lowest BCUT2D eigenvalue weighted by atomic mass is 10.2. The van der Waals surface area contributed by atoms with Gasteiger partial charge in [-0.25, -0.2) is 9.78 Å². The predicted octanol–water partition coefficient (Wildman–Crippen LogP) is 1.75. The monoisotopic (exact) mass is 229 g/mol. The Labute approximate surface area is 97.9 Å². The lowest BCUT2D eigenvalue weighted by Crippen LogP contribution is -2.17. The molecule has 17 heavy (non-hydrogen) atoms. The van der Waals surface area contributed by atoms with Crippen LogP contribution in [0.3, 0.4) is 0 Å². The van der Waals surface area contributed by atoms with Crippen molar-refractivity contribution in [1.82, 2.24) is 9.55 Å². The summed E-state index contributed by atoms with van der Waals surface area (Å²) in [5.74, 6) is -0.448. The molecule has 0 saturated carbocycles. The van der Waals surface area contributed by atoms with E-state index in [2.05, 4.69) is 4.98 Å². The average molecular weight is 229 g/mol. The number of imidazole rings is 1. The zero-order valence-electron chi connectivity index (χ0n) is 9.29. The highest BCUT2D eigenvalue weighted by atomic mass is 16.4. The predicted molar refractivity (Wildman–Crippen MR) is 61.4 cm³/mol. The van der Waals surface area contributed by atoms with Gasteiger partial charge in [0.2, 0.25) is 0 Å². The van der Waals surface area contributed by atoms with E-state index >= 15 is 0 Å². The standard InChI is InChI=1S/C12H11N3O2/c1-8(12(16)17)15-10-5-3-2-4-9(10)14-11(15)6-7-13/h2-5,8H,6H2,1H3,(H,16,17). The van der Waals surface area contributed by atoms with Crippen LogP contribution in [0.25, 0.3) is 11.0 Å². The SMILES string of the molecule is CC(C(=O)O)n1c(CC#N)nc2ccccc21.